The summed E-state index contributed by atoms with van der Waals surface area (Å²) >= 11 is 3.67. The number of nitrogens with zero attached hydrogens (tertiary/aromatic N) is 5. The van der Waals surface area contributed by atoms with Crippen LogP contribution in [-0.2, 0) is 0 Å². The standard InChI is InChI=1S/C57H33N5S2/c1-2-14-40(15-3-1)61-46-20-8-6-17-44(46)51-45-19-11-23-49-52(45)62(57(51)61)47-21-10-18-41(53(47)64-49)35-25-27-36(28-26-35)54-58-55(38-29-24-34-12-4-5-13-37(34)32-38)60-56(59-54)39-30-31-43-42-16-7-9-22-48(42)63-50(43)33-39/h1-33H. The highest BCUT2D eigenvalue weighted by atomic mass is 32.2. The molecule has 7 heteroatoms. The molecule has 0 N–H and O–H groups in total. The van der Waals surface area contributed by atoms with Crippen molar-refractivity contribution in [3.63, 3.8) is 0 Å². The zero-order valence-corrected chi connectivity index (χ0v) is 35.7. The summed E-state index contributed by atoms with van der Waals surface area (Å²) in [6.45, 7) is 0. The molecule has 14 rings (SSSR count). The highest BCUT2D eigenvalue weighted by molar-refractivity contribution is 8.00. The smallest absolute Gasteiger partial charge is 0.164 e. The average Bonchev–Trinajstić information content (AvgIpc) is 4.02. The van der Waals surface area contributed by atoms with Crippen LogP contribution in [0.2, 0.25) is 0 Å². The SMILES string of the molecule is c1ccc(-n2c3ccccc3c3c4cccc5c4n(c32)-c2cccc(-c3ccc(-c4nc(-c6ccc7ccccc7c6)nc(-c6ccc7c(c6)sc6ccccc67)n4)cc3)c2S5)cc1. The largest absolute Gasteiger partial charge is 0.295 e. The summed E-state index contributed by atoms with van der Waals surface area (Å²) in [7, 11) is 0. The number of hydrogen-bond acceptors (Lipinski definition) is 5. The maximum atomic E-state index is 5.19. The first-order valence-electron chi connectivity index (χ1n) is 21.4. The van der Waals surface area contributed by atoms with E-state index in [4.69, 9.17) is 15.0 Å². The van der Waals surface area contributed by atoms with Crippen molar-refractivity contribution in [2.24, 2.45) is 0 Å². The number of hydrogen-bond donors (Lipinski definition) is 0. The maximum absolute atomic E-state index is 5.19. The van der Waals surface area contributed by atoms with E-state index in [1.165, 1.54) is 79.4 Å². The van der Waals surface area contributed by atoms with Crippen LogP contribution in [0.3, 0.4) is 0 Å². The van der Waals surface area contributed by atoms with Crippen LogP contribution in [0, 0.1) is 0 Å². The number of para-hydroxylation sites is 3. The zero-order chi connectivity index (χ0) is 41.9. The van der Waals surface area contributed by atoms with Gasteiger partial charge < -0.3 is 0 Å². The van der Waals surface area contributed by atoms with Crippen molar-refractivity contribution in [2.75, 3.05) is 0 Å². The number of benzene rings is 9. The number of rotatable bonds is 5. The Morgan fingerprint density at radius 3 is 1.91 bits per heavy atom. The third-order valence-electron chi connectivity index (χ3n) is 12.7. The molecule has 4 aromatic heterocycles. The Balaban J connectivity index is 0.915. The summed E-state index contributed by atoms with van der Waals surface area (Å²) in [6, 6.07) is 71.8. The molecule has 0 bridgehead atoms. The molecule has 0 saturated heterocycles. The number of aromatic nitrogens is 5. The Morgan fingerprint density at radius 1 is 0.406 bits per heavy atom. The fraction of sp³-hybridized carbons (Fsp3) is 0. The summed E-state index contributed by atoms with van der Waals surface area (Å²) in [5.41, 5.74) is 11.1. The predicted octanol–water partition coefficient (Wildman–Crippen LogP) is 15.6. The molecule has 0 spiro atoms. The first-order valence-corrected chi connectivity index (χ1v) is 23.1. The van der Waals surface area contributed by atoms with Gasteiger partial charge in [0.15, 0.2) is 17.5 Å². The second kappa shape index (κ2) is 13.8. The van der Waals surface area contributed by atoms with Crippen molar-refractivity contribution >= 4 is 86.9 Å². The van der Waals surface area contributed by atoms with Crippen molar-refractivity contribution in [2.45, 2.75) is 9.79 Å². The van der Waals surface area contributed by atoms with Crippen LogP contribution in [0.25, 0.3) is 120 Å². The van der Waals surface area contributed by atoms with Gasteiger partial charge in [0, 0.05) is 68.5 Å². The molecule has 0 amide bonds. The summed E-state index contributed by atoms with van der Waals surface area (Å²) in [4.78, 5) is 18.0. The van der Waals surface area contributed by atoms with Crippen molar-refractivity contribution in [1.29, 1.82) is 0 Å². The number of fused-ring (bicyclic) bond motifs is 11. The number of thiophene rings is 1. The minimum atomic E-state index is 0.639. The fourth-order valence-corrected chi connectivity index (χ4v) is 12.2. The molecule has 5 nitrogen and oxygen atoms in total. The summed E-state index contributed by atoms with van der Waals surface area (Å²) < 4.78 is 7.43. The minimum Gasteiger partial charge on any atom is -0.295 e. The van der Waals surface area contributed by atoms with Crippen molar-refractivity contribution in [3.8, 4) is 56.7 Å². The molecule has 0 unspecified atom stereocenters. The van der Waals surface area contributed by atoms with Crippen LogP contribution < -0.4 is 0 Å². The van der Waals surface area contributed by atoms with Crippen LogP contribution in [0.1, 0.15) is 0 Å². The molecule has 13 aromatic rings. The van der Waals surface area contributed by atoms with Crippen LogP contribution in [0.5, 0.6) is 0 Å². The Hall–Kier alpha value is -7.84. The molecule has 298 valence electrons. The van der Waals surface area contributed by atoms with Gasteiger partial charge in [-0.2, -0.15) is 0 Å². The first-order chi connectivity index (χ1) is 31.7. The van der Waals surface area contributed by atoms with Gasteiger partial charge in [-0.1, -0.05) is 163 Å². The minimum absolute atomic E-state index is 0.639. The van der Waals surface area contributed by atoms with Gasteiger partial charge in [0.1, 0.15) is 5.65 Å². The van der Waals surface area contributed by atoms with Gasteiger partial charge in [0.05, 0.1) is 16.7 Å². The highest BCUT2D eigenvalue weighted by Gasteiger charge is 2.29. The van der Waals surface area contributed by atoms with E-state index >= 15 is 0 Å². The quantitative estimate of drug-likeness (QED) is 0.173. The summed E-state index contributed by atoms with van der Waals surface area (Å²) in [5.74, 6) is 1.94. The molecule has 0 radical (unpaired) electrons. The first kappa shape index (κ1) is 35.7. The third-order valence-corrected chi connectivity index (χ3v) is 15.1. The molecule has 1 aliphatic rings. The molecule has 0 fully saturated rings. The van der Waals surface area contributed by atoms with E-state index in [9.17, 15) is 0 Å². The van der Waals surface area contributed by atoms with Gasteiger partial charge in [-0.15, -0.1) is 11.3 Å². The molecular weight excluding hydrogens is 819 g/mol. The van der Waals surface area contributed by atoms with Crippen molar-refractivity contribution in [1.82, 2.24) is 24.1 Å². The van der Waals surface area contributed by atoms with E-state index in [1.54, 1.807) is 11.3 Å². The normalized spacial score (nSPS) is 12.3. The molecular formula is C57H33N5S2. The van der Waals surface area contributed by atoms with E-state index in [2.05, 4.69) is 209 Å². The van der Waals surface area contributed by atoms with E-state index in [0.717, 1.165) is 33.3 Å². The third kappa shape index (κ3) is 5.35. The zero-order valence-electron chi connectivity index (χ0n) is 34.1. The average molecular weight is 852 g/mol. The van der Waals surface area contributed by atoms with E-state index < -0.39 is 0 Å². The van der Waals surface area contributed by atoms with Crippen LogP contribution in [0.15, 0.2) is 210 Å². The Kier molecular flexibility index (Phi) is 7.72. The van der Waals surface area contributed by atoms with Gasteiger partial charge in [-0.25, -0.2) is 15.0 Å². The van der Waals surface area contributed by atoms with E-state index in [-0.39, 0.29) is 0 Å². The van der Waals surface area contributed by atoms with Gasteiger partial charge in [-0.05, 0) is 70.4 Å². The Labute approximate surface area is 375 Å². The molecule has 0 saturated carbocycles. The Morgan fingerprint density at radius 2 is 1.05 bits per heavy atom. The second-order valence-corrected chi connectivity index (χ2v) is 18.5. The van der Waals surface area contributed by atoms with E-state index in [1.807, 2.05) is 11.8 Å². The molecule has 64 heavy (non-hydrogen) atoms. The second-order valence-electron chi connectivity index (χ2n) is 16.4. The van der Waals surface area contributed by atoms with Crippen molar-refractivity contribution in [3.05, 3.63) is 200 Å². The van der Waals surface area contributed by atoms with Gasteiger partial charge in [0.25, 0.3) is 0 Å². The van der Waals surface area contributed by atoms with Crippen molar-refractivity contribution < 1.29 is 0 Å². The summed E-state index contributed by atoms with van der Waals surface area (Å²) in [6.07, 6.45) is 0. The van der Waals surface area contributed by atoms with Gasteiger partial charge >= 0.3 is 0 Å². The molecule has 9 aromatic carbocycles. The summed E-state index contributed by atoms with van der Waals surface area (Å²) in [5, 5.41) is 8.66. The van der Waals surface area contributed by atoms with Gasteiger partial charge in [0.2, 0.25) is 0 Å². The monoisotopic (exact) mass is 851 g/mol. The van der Waals surface area contributed by atoms with Crippen LogP contribution in [0.4, 0.5) is 0 Å². The van der Waals surface area contributed by atoms with E-state index in [0.29, 0.717) is 17.5 Å². The lowest BCUT2D eigenvalue weighted by atomic mass is 10.0. The fourth-order valence-electron chi connectivity index (χ4n) is 9.82. The highest BCUT2D eigenvalue weighted by Crippen LogP contribution is 2.52. The maximum Gasteiger partial charge on any atom is 0.164 e. The molecule has 1 aliphatic heterocycles. The van der Waals surface area contributed by atoms with Crippen LogP contribution >= 0.6 is 23.1 Å². The molecule has 5 heterocycles. The molecule has 0 atom stereocenters. The lowest BCUT2D eigenvalue weighted by molar-refractivity contribution is 1.03. The topological polar surface area (TPSA) is 48.5 Å². The predicted molar refractivity (Wildman–Crippen MR) is 267 cm³/mol. The molecule has 0 aliphatic carbocycles. The Bertz CT molecular complexity index is 4050. The lowest BCUT2D eigenvalue weighted by Gasteiger charge is -2.23. The van der Waals surface area contributed by atoms with Crippen LogP contribution in [-0.4, -0.2) is 24.1 Å². The lowest BCUT2D eigenvalue weighted by Crippen LogP contribution is -2.06. The van der Waals surface area contributed by atoms with Gasteiger partial charge in [-0.3, -0.25) is 9.13 Å².